The standard InChI is InChI=1S/C20H21NO4/c1-13(14-7-5-8-16(10-14)25-2)19(22)21-11-15-6-3-4-9-17(15)18(12-21)20(23)24/h3-10,13,18H,11-12H2,1-2H3,(H,23,24). The molecular formula is C20H21NO4. The molecule has 1 aliphatic rings. The molecule has 0 saturated carbocycles. The number of hydrogen-bond acceptors (Lipinski definition) is 3. The fourth-order valence-electron chi connectivity index (χ4n) is 3.31. The highest BCUT2D eigenvalue weighted by Gasteiger charge is 2.34. The quantitative estimate of drug-likeness (QED) is 0.930. The summed E-state index contributed by atoms with van der Waals surface area (Å²) >= 11 is 0. The Kier molecular flexibility index (Phi) is 4.74. The van der Waals surface area contributed by atoms with Gasteiger partial charge in [-0.25, -0.2) is 0 Å². The molecule has 1 aliphatic heterocycles. The van der Waals surface area contributed by atoms with E-state index in [-0.39, 0.29) is 18.4 Å². The number of fused-ring (bicyclic) bond motifs is 1. The van der Waals surface area contributed by atoms with Gasteiger partial charge in [-0.05, 0) is 35.7 Å². The Hall–Kier alpha value is -2.82. The summed E-state index contributed by atoms with van der Waals surface area (Å²) in [5, 5.41) is 9.55. The van der Waals surface area contributed by atoms with Gasteiger partial charge in [-0.2, -0.15) is 0 Å². The van der Waals surface area contributed by atoms with Crippen molar-refractivity contribution < 1.29 is 19.4 Å². The number of carbonyl (C=O) groups excluding carboxylic acids is 1. The number of nitrogens with zero attached hydrogens (tertiary/aromatic N) is 1. The molecule has 2 aromatic rings. The maximum Gasteiger partial charge on any atom is 0.312 e. The van der Waals surface area contributed by atoms with Gasteiger partial charge in [0.1, 0.15) is 5.75 Å². The van der Waals surface area contributed by atoms with Crippen LogP contribution in [0, 0.1) is 0 Å². The molecule has 3 rings (SSSR count). The van der Waals surface area contributed by atoms with Crippen LogP contribution in [0.3, 0.4) is 0 Å². The second-order valence-corrected chi connectivity index (χ2v) is 6.31. The molecule has 0 saturated heterocycles. The third-order valence-corrected chi connectivity index (χ3v) is 4.77. The van der Waals surface area contributed by atoms with Gasteiger partial charge in [-0.15, -0.1) is 0 Å². The van der Waals surface area contributed by atoms with Crippen molar-refractivity contribution in [2.45, 2.75) is 25.3 Å². The zero-order valence-corrected chi connectivity index (χ0v) is 14.3. The molecule has 1 N–H and O–H groups in total. The number of ether oxygens (including phenoxy) is 1. The van der Waals surface area contributed by atoms with Crippen molar-refractivity contribution in [3.8, 4) is 5.75 Å². The lowest BCUT2D eigenvalue weighted by molar-refractivity contribution is -0.141. The van der Waals surface area contributed by atoms with Gasteiger partial charge in [0.25, 0.3) is 0 Å². The normalized spacial score (nSPS) is 17.5. The van der Waals surface area contributed by atoms with E-state index in [1.54, 1.807) is 12.0 Å². The summed E-state index contributed by atoms with van der Waals surface area (Å²) in [6.45, 7) is 2.47. The predicted octanol–water partition coefficient (Wildman–Crippen LogP) is 3.01. The smallest absolute Gasteiger partial charge is 0.312 e. The molecule has 2 unspecified atom stereocenters. The topological polar surface area (TPSA) is 66.8 Å². The highest BCUT2D eigenvalue weighted by atomic mass is 16.5. The number of methoxy groups -OCH3 is 1. The summed E-state index contributed by atoms with van der Waals surface area (Å²) in [7, 11) is 1.59. The Labute approximate surface area is 146 Å². The van der Waals surface area contributed by atoms with Crippen molar-refractivity contribution >= 4 is 11.9 Å². The Morgan fingerprint density at radius 1 is 1.20 bits per heavy atom. The Balaban J connectivity index is 1.86. The number of benzene rings is 2. The maximum atomic E-state index is 13.0. The molecular weight excluding hydrogens is 318 g/mol. The minimum absolute atomic E-state index is 0.0750. The van der Waals surface area contributed by atoms with Crippen molar-refractivity contribution in [3.05, 3.63) is 65.2 Å². The second-order valence-electron chi connectivity index (χ2n) is 6.31. The molecule has 2 atom stereocenters. The van der Waals surface area contributed by atoms with Gasteiger partial charge in [0.2, 0.25) is 5.91 Å². The monoisotopic (exact) mass is 339 g/mol. The first-order valence-corrected chi connectivity index (χ1v) is 8.24. The summed E-state index contributed by atoms with van der Waals surface area (Å²) in [6, 6.07) is 14.8. The van der Waals surface area contributed by atoms with Crippen molar-refractivity contribution in [3.63, 3.8) is 0 Å². The largest absolute Gasteiger partial charge is 0.497 e. The van der Waals surface area contributed by atoms with Crippen LogP contribution in [0.15, 0.2) is 48.5 Å². The highest BCUT2D eigenvalue weighted by Crippen LogP contribution is 2.31. The molecule has 1 heterocycles. The van der Waals surface area contributed by atoms with E-state index in [0.29, 0.717) is 12.3 Å². The average Bonchev–Trinajstić information content (AvgIpc) is 2.65. The number of carboxylic acids is 1. The molecule has 0 bridgehead atoms. The van der Waals surface area contributed by atoms with Gasteiger partial charge in [-0.1, -0.05) is 36.4 Å². The van der Waals surface area contributed by atoms with Crippen LogP contribution < -0.4 is 4.74 Å². The number of carboxylic acid groups (broad SMARTS) is 1. The van der Waals surface area contributed by atoms with Gasteiger partial charge in [-0.3, -0.25) is 9.59 Å². The van der Waals surface area contributed by atoms with Gasteiger partial charge < -0.3 is 14.7 Å². The van der Waals surface area contributed by atoms with E-state index >= 15 is 0 Å². The molecule has 0 fully saturated rings. The van der Waals surface area contributed by atoms with Crippen molar-refractivity contribution in [1.29, 1.82) is 0 Å². The summed E-state index contributed by atoms with van der Waals surface area (Å²) in [5.74, 6) is -1.33. The van der Waals surface area contributed by atoms with Gasteiger partial charge >= 0.3 is 5.97 Å². The van der Waals surface area contributed by atoms with Crippen LogP contribution in [0.1, 0.15) is 35.4 Å². The van der Waals surface area contributed by atoms with E-state index in [1.807, 2.05) is 55.5 Å². The predicted molar refractivity (Wildman–Crippen MR) is 93.6 cm³/mol. The highest BCUT2D eigenvalue weighted by molar-refractivity contribution is 5.85. The Bertz CT molecular complexity index is 802. The molecule has 2 aromatic carbocycles. The minimum Gasteiger partial charge on any atom is -0.497 e. The van der Waals surface area contributed by atoms with Crippen LogP contribution in [-0.4, -0.2) is 35.5 Å². The number of aliphatic carboxylic acids is 1. The van der Waals surface area contributed by atoms with Crippen LogP contribution >= 0.6 is 0 Å². The zero-order chi connectivity index (χ0) is 18.0. The molecule has 5 nitrogen and oxygen atoms in total. The summed E-state index contributed by atoms with van der Waals surface area (Å²) < 4.78 is 5.22. The van der Waals surface area contributed by atoms with Gasteiger partial charge in [0.15, 0.2) is 0 Å². The molecule has 1 amide bonds. The number of rotatable bonds is 4. The second kappa shape index (κ2) is 6.97. The van der Waals surface area contributed by atoms with E-state index in [4.69, 9.17) is 4.74 Å². The van der Waals surface area contributed by atoms with Crippen molar-refractivity contribution in [2.75, 3.05) is 13.7 Å². The summed E-state index contributed by atoms with van der Waals surface area (Å²) in [6.07, 6.45) is 0. The number of carbonyl (C=O) groups is 2. The molecule has 0 spiro atoms. The Morgan fingerprint density at radius 3 is 2.68 bits per heavy atom. The first kappa shape index (κ1) is 17.0. The van der Waals surface area contributed by atoms with Crippen LogP contribution in [0.25, 0.3) is 0 Å². The molecule has 0 aromatic heterocycles. The van der Waals surface area contributed by atoms with E-state index in [1.165, 1.54) is 0 Å². The molecule has 25 heavy (non-hydrogen) atoms. The lowest BCUT2D eigenvalue weighted by Crippen LogP contribution is -2.42. The maximum absolute atomic E-state index is 13.0. The van der Waals surface area contributed by atoms with E-state index in [2.05, 4.69) is 0 Å². The lowest BCUT2D eigenvalue weighted by atomic mass is 9.88. The van der Waals surface area contributed by atoms with E-state index in [0.717, 1.165) is 16.7 Å². The van der Waals surface area contributed by atoms with Crippen LogP contribution in [-0.2, 0) is 16.1 Å². The van der Waals surface area contributed by atoms with E-state index in [9.17, 15) is 14.7 Å². The Morgan fingerprint density at radius 2 is 1.96 bits per heavy atom. The SMILES string of the molecule is COc1cccc(C(C)C(=O)N2Cc3ccccc3C(C(=O)O)C2)c1. The molecule has 0 aliphatic carbocycles. The third kappa shape index (κ3) is 3.36. The van der Waals surface area contributed by atoms with Crippen LogP contribution in [0.2, 0.25) is 0 Å². The average molecular weight is 339 g/mol. The first-order chi connectivity index (χ1) is 12.0. The minimum atomic E-state index is -0.904. The van der Waals surface area contributed by atoms with E-state index < -0.39 is 11.9 Å². The van der Waals surface area contributed by atoms with Crippen LogP contribution in [0.5, 0.6) is 5.75 Å². The molecule has 0 radical (unpaired) electrons. The number of amides is 1. The molecule has 130 valence electrons. The zero-order valence-electron chi connectivity index (χ0n) is 14.3. The molecule has 5 heteroatoms. The fraction of sp³-hybridized carbons (Fsp3) is 0.300. The summed E-state index contributed by atoms with van der Waals surface area (Å²) in [4.78, 5) is 26.3. The number of hydrogen-bond donors (Lipinski definition) is 1. The summed E-state index contributed by atoms with van der Waals surface area (Å²) in [5.41, 5.74) is 2.55. The first-order valence-electron chi connectivity index (χ1n) is 8.24. The third-order valence-electron chi connectivity index (χ3n) is 4.77. The fourth-order valence-corrected chi connectivity index (χ4v) is 3.31. The lowest BCUT2D eigenvalue weighted by Gasteiger charge is -2.34. The van der Waals surface area contributed by atoms with Crippen molar-refractivity contribution in [1.82, 2.24) is 4.90 Å². The van der Waals surface area contributed by atoms with Crippen molar-refractivity contribution in [2.24, 2.45) is 0 Å². The van der Waals surface area contributed by atoms with Gasteiger partial charge in [0.05, 0.1) is 18.9 Å². The van der Waals surface area contributed by atoms with Gasteiger partial charge in [0, 0.05) is 13.1 Å². The van der Waals surface area contributed by atoms with Crippen LogP contribution in [0.4, 0.5) is 0 Å².